The zero-order valence-electron chi connectivity index (χ0n) is 12.6. The molecule has 1 rings (SSSR count). The van der Waals surface area contributed by atoms with Gasteiger partial charge in [-0.05, 0) is 51.3 Å². The fraction of sp³-hybridized carbons (Fsp3) is 0.500. The molecule has 0 heterocycles. The molecule has 20 heavy (non-hydrogen) atoms. The number of hydrogen-bond donors (Lipinski definition) is 0. The van der Waals surface area contributed by atoms with E-state index in [1.165, 1.54) is 7.11 Å². The Bertz CT molecular complexity index is 472. The van der Waals surface area contributed by atoms with Crippen molar-refractivity contribution < 1.29 is 19.1 Å². The number of benzene rings is 1. The van der Waals surface area contributed by atoms with Gasteiger partial charge in [-0.1, -0.05) is 12.1 Å². The third-order valence-corrected chi connectivity index (χ3v) is 2.64. The van der Waals surface area contributed by atoms with Crippen molar-refractivity contribution in [2.75, 3.05) is 7.11 Å². The summed E-state index contributed by atoms with van der Waals surface area (Å²) in [6.45, 7) is 5.52. The summed E-state index contributed by atoms with van der Waals surface area (Å²) in [6.07, 6.45) is 1.81. The Hall–Kier alpha value is -1.84. The second-order valence-corrected chi connectivity index (χ2v) is 5.63. The molecule has 0 radical (unpaired) electrons. The van der Waals surface area contributed by atoms with E-state index >= 15 is 0 Å². The molecule has 0 amide bonds. The minimum atomic E-state index is -0.502. The predicted octanol–water partition coefficient (Wildman–Crippen LogP) is 3.14. The number of carbonyl (C=O) groups is 2. The molecular formula is C16H22O4. The van der Waals surface area contributed by atoms with Crippen LogP contribution in [0.3, 0.4) is 0 Å². The van der Waals surface area contributed by atoms with Gasteiger partial charge in [-0.15, -0.1) is 0 Å². The van der Waals surface area contributed by atoms with E-state index in [0.717, 1.165) is 12.0 Å². The summed E-state index contributed by atoms with van der Waals surface area (Å²) in [5.74, 6) is -0.541. The predicted molar refractivity (Wildman–Crippen MR) is 76.6 cm³/mol. The van der Waals surface area contributed by atoms with Crippen molar-refractivity contribution >= 4 is 11.9 Å². The topological polar surface area (TPSA) is 52.6 Å². The molecule has 0 aliphatic rings. The first kappa shape index (κ1) is 16.2. The van der Waals surface area contributed by atoms with Gasteiger partial charge in [0, 0.05) is 6.42 Å². The average molecular weight is 278 g/mol. The molecule has 0 saturated carbocycles. The molecular weight excluding hydrogens is 256 g/mol. The van der Waals surface area contributed by atoms with E-state index in [4.69, 9.17) is 4.74 Å². The molecule has 0 bridgehead atoms. The van der Waals surface area contributed by atoms with Gasteiger partial charge in [-0.2, -0.15) is 0 Å². The molecule has 0 aliphatic carbocycles. The van der Waals surface area contributed by atoms with E-state index in [1.807, 2.05) is 39.0 Å². The first-order valence-electron chi connectivity index (χ1n) is 6.71. The average Bonchev–Trinajstić information content (AvgIpc) is 2.37. The second kappa shape index (κ2) is 7.08. The summed E-state index contributed by atoms with van der Waals surface area (Å²) in [7, 11) is 1.38. The lowest BCUT2D eigenvalue weighted by molar-refractivity contribution is -0.140. The quantitative estimate of drug-likeness (QED) is 0.776. The lowest BCUT2D eigenvalue weighted by Crippen LogP contribution is -2.23. The van der Waals surface area contributed by atoms with Gasteiger partial charge in [0.1, 0.15) is 5.60 Å². The van der Waals surface area contributed by atoms with Crippen LogP contribution in [-0.2, 0) is 20.7 Å². The Balaban J connectivity index is 2.61. The fourth-order valence-corrected chi connectivity index (χ4v) is 1.73. The number of esters is 2. The molecule has 0 aromatic heterocycles. The summed E-state index contributed by atoms with van der Waals surface area (Å²) in [5, 5.41) is 0. The van der Waals surface area contributed by atoms with Gasteiger partial charge in [0.25, 0.3) is 0 Å². The zero-order valence-corrected chi connectivity index (χ0v) is 12.6. The van der Waals surface area contributed by atoms with Crippen LogP contribution in [0.1, 0.15) is 49.5 Å². The van der Waals surface area contributed by atoms with Gasteiger partial charge in [0.05, 0.1) is 12.7 Å². The molecule has 4 nitrogen and oxygen atoms in total. The normalized spacial score (nSPS) is 11.0. The highest BCUT2D eigenvalue weighted by molar-refractivity contribution is 5.89. The van der Waals surface area contributed by atoms with Crippen LogP contribution in [0.25, 0.3) is 0 Å². The van der Waals surface area contributed by atoms with Gasteiger partial charge in [-0.3, -0.25) is 4.79 Å². The molecule has 1 aromatic rings. The molecule has 0 atom stereocenters. The molecule has 1 aromatic carbocycles. The van der Waals surface area contributed by atoms with Crippen molar-refractivity contribution in [2.24, 2.45) is 0 Å². The van der Waals surface area contributed by atoms with Crippen LogP contribution in [0.15, 0.2) is 24.3 Å². The van der Waals surface area contributed by atoms with E-state index in [0.29, 0.717) is 18.4 Å². The Morgan fingerprint density at radius 2 is 1.90 bits per heavy atom. The molecule has 0 unspecified atom stereocenters. The van der Waals surface area contributed by atoms with Crippen LogP contribution in [0.5, 0.6) is 0 Å². The Labute approximate surface area is 120 Å². The number of aryl methyl sites for hydroxylation is 1. The van der Waals surface area contributed by atoms with Crippen LogP contribution in [0, 0.1) is 0 Å². The highest BCUT2D eigenvalue weighted by Gasteiger charge is 2.17. The number of ether oxygens (including phenoxy) is 2. The number of hydrogen-bond acceptors (Lipinski definition) is 4. The number of carbonyl (C=O) groups excluding carboxylic acids is 2. The summed E-state index contributed by atoms with van der Waals surface area (Å²) in [6, 6.07) is 7.31. The van der Waals surface area contributed by atoms with Gasteiger partial charge >= 0.3 is 11.9 Å². The minimum absolute atomic E-state index is 0.215. The van der Waals surface area contributed by atoms with Gasteiger partial charge < -0.3 is 9.47 Å². The van der Waals surface area contributed by atoms with Gasteiger partial charge in [0.2, 0.25) is 0 Å². The van der Waals surface area contributed by atoms with Crippen LogP contribution in [0.2, 0.25) is 0 Å². The smallest absolute Gasteiger partial charge is 0.338 e. The van der Waals surface area contributed by atoms with Crippen LogP contribution in [-0.4, -0.2) is 24.6 Å². The molecule has 0 saturated heterocycles. The lowest BCUT2D eigenvalue weighted by Gasteiger charge is -2.19. The van der Waals surface area contributed by atoms with Crippen molar-refractivity contribution in [1.29, 1.82) is 0 Å². The fourth-order valence-electron chi connectivity index (χ4n) is 1.73. The van der Waals surface area contributed by atoms with E-state index in [2.05, 4.69) is 4.74 Å². The van der Waals surface area contributed by atoms with Crippen molar-refractivity contribution in [3.8, 4) is 0 Å². The minimum Gasteiger partial charge on any atom is -0.469 e. The molecule has 0 fully saturated rings. The van der Waals surface area contributed by atoms with Crippen molar-refractivity contribution in [2.45, 2.75) is 45.6 Å². The second-order valence-electron chi connectivity index (χ2n) is 5.63. The lowest BCUT2D eigenvalue weighted by atomic mass is 10.0. The van der Waals surface area contributed by atoms with Gasteiger partial charge in [0.15, 0.2) is 0 Å². The zero-order chi connectivity index (χ0) is 15.2. The van der Waals surface area contributed by atoms with Crippen LogP contribution < -0.4 is 0 Å². The molecule has 0 N–H and O–H groups in total. The monoisotopic (exact) mass is 278 g/mol. The molecule has 0 aliphatic heterocycles. The van der Waals surface area contributed by atoms with Crippen LogP contribution >= 0.6 is 0 Å². The Kier molecular flexibility index (Phi) is 5.74. The van der Waals surface area contributed by atoms with Gasteiger partial charge in [-0.25, -0.2) is 4.79 Å². The largest absolute Gasteiger partial charge is 0.469 e. The van der Waals surface area contributed by atoms with Crippen molar-refractivity contribution in [1.82, 2.24) is 0 Å². The maximum atomic E-state index is 11.9. The van der Waals surface area contributed by atoms with Crippen molar-refractivity contribution in [3.05, 3.63) is 35.4 Å². The van der Waals surface area contributed by atoms with E-state index in [-0.39, 0.29) is 11.9 Å². The first-order chi connectivity index (χ1) is 9.31. The standard InChI is InChI=1S/C16H22O4/c1-16(2,3)20-15(18)13-9-5-7-12(11-13)8-6-10-14(17)19-4/h5,7,9,11H,6,8,10H2,1-4H3. The third-order valence-electron chi connectivity index (χ3n) is 2.64. The van der Waals surface area contributed by atoms with E-state index in [9.17, 15) is 9.59 Å². The summed E-state index contributed by atoms with van der Waals surface area (Å²) in [5.41, 5.74) is 1.05. The maximum Gasteiger partial charge on any atom is 0.338 e. The van der Waals surface area contributed by atoms with E-state index < -0.39 is 5.60 Å². The number of methoxy groups -OCH3 is 1. The SMILES string of the molecule is COC(=O)CCCc1cccc(C(=O)OC(C)(C)C)c1. The van der Waals surface area contributed by atoms with Crippen LogP contribution in [0.4, 0.5) is 0 Å². The number of rotatable bonds is 5. The first-order valence-corrected chi connectivity index (χ1v) is 6.71. The van der Waals surface area contributed by atoms with E-state index in [1.54, 1.807) is 6.07 Å². The molecule has 0 spiro atoms. The summed E-state index contributed by atoms with van der Waals surface area (Å²) < 4.78 is 9.92. The highest BCUT2D eigenvalue weighted by Crippen LogP contribution is 2.14. The van der Waals surface area contributed by atoms with Crippen molar-refractivity contribution in [3.63, 3.8) is 0 Å². The summed E-state index contributed by atoms with van der Waals surface area (Å²) >= 11 is 0. The third kappa shape index (κ3) is 5.87. The Morgan fingerprint density at radius 3 is 2.50 bits per heavy atom. The molecule has 4 heteroatoms. The highest BCUT2D eigenvalue weighted by atomic mass is 16.6. The summed E-state index contributed by atoms with van der Waals surface area (Å²) in [4.78, 5) is 23.0. The Morgan fingerprint density at radius 1 is 1.20 bits per heavy atom. The maximum absolute atomic E-state index is 11.9. The molecule has 110 valence electrons.